The SMILES string of the molecule is CC(C)(CCCCCNC(=O)C1CC1)CN(C[C@@H](O)[C@H](Cc1ccccc1)NC(=O)O[C@H]1CO[C@H]2OCC[C@H]21)S(=O)(=O)c1ccc2c(c1)OCO2. The van der Waals surface area contributed by atoms with Crippen LogP contribution in [0.15, 0.2) is 53.4 Å². The van der Waals surface area contributed by atoms with Gasteiger partial charge in [-0.15, -0.1) is 0 Å². The van der Waals surface area contributed by atoms with E-state index < -0.39 is 39.8 Å². The second-order valence-electron chi connectivity index (χ2n) is 14.8. The first kappa shape index (κ1) is 37.3. The molecule has 3 fully saturated rings. The summed E-state index contributed by atoms with van der Waals surface area (Å²) in [5.41, 5.74) is 0.387. The number of unbranched alkanes of at least 4 members (excludes halogenated alkanes) is 2. The summed E-state index contributed by atoms with van der Waals surface area (Å²) in [6, 6.07) is 13.0. The Bertz CT molecular complexity index is 1600. The van der Waals surface area contributed by atoms with E-state index in [9.17, 15) is 23.1 Å². The lowest BCUT2D eigenvalue weighted by Crippen LogP contribution is -2.52. The molecule has 6 rings (SSSR count). The van der Waals surface area contributed by atoms with Gasteiger partial charge in [0.25, 0.3) is 0 Å². The first-order valence-corrected chi connectivity index (χ1v) is 19.5. The normalized spacial score (nSPS) is 22.4. The van der Waals surface area contributed by atoms with E-state index in [1.807, 2.05) is 44.2 Å². The Morgan fingerprint density at radius 1 is 1.02 bits per heavy atom. The maximum atomic E-state index is 14.4. The van der Waals surface area contributed by atoms with Crippen LogP contribution in [-0.2, 0) is 35.4 Å². The lowest BCUT2D eigenvalue weighted by molar-refractivity contribution is -0.122. The Balaban J connectivity index is 1.15. The number of aliphatic hydroxyl groups is 1. The molecule has 3 N–H and O–H groups in total. The van der Waals surface area contributed by atoms with E-state index in [0.29, 0.717) is 24.7 Å². The highest BCUT2D eigenvalue weighted by molar-refractivity contribution is 7.89. The molecule has 0 bridgehead atoms. The Labute approximate surface area is 300 Å². The number of benzene rings is 2. The third kappa shape index (κ3) is 9.92. The van der Waals surface area contributed by atoms with Gasteiger partial charge in [0, 0.05) is 31.6 Å². The molecule has 1 saturated carbocycles. The fourth-order valence-corrected chi connectivity index (χ4v) is 8.62. The second kappa shape index (κ2) is 16.5. The van der Waals surface area contributed by atoms with Crippen molar-refractivity contribution in [3.8, 4) is 11.5 Å². The lowest BCUT2D eigenvalue weighted by Gasteiger charge is -2.35. The number of hydrogen-bond acceptors (Lipinski definition) is 10. The predicted octanol–water partition coefficient (Wildman–Crippen LogP) is 3.98. The van der Waals surface area contributed by atoms with E-state index in [0.717, 1.165) is 50.5 Å². The minimum atomic E-state index is -4.15. The zero-order valence-electron chi connectivity index (χ0n) is 29.5. The van der Waals surface area contributed by atoms with Crippen molar-refractivity contribution >= 4 is 22.0 Å². The maximum Gasteiger partial charge on any atom is 0.407 e. The summed E-state index contributed by atoms with van der Waals surface area (Å²) in [5.74, 6) is 1.06. The highest BCUT2D eigenvalue weighted by atomic mass is 32.2. The molecule has 2 saturated heterocycles. The number of amides is 2. The van der Waals surface area contributed by atoms with Gasteiger partial charge in [-0.1, -0.05) is 57.0 Å². The van der Waals surface area contributed by atoms with Gasteiger partial charge in [-0.3, -0.25) is 4.79 Å². The van der Waals surface area contributed by atoms with Crippen molar-refractivity contribution in [3.05, 3.63) is 54.1 Å². The summed E-state index contributed by atoms with van der Waals surface area (Å²) in [5, 5.41) is 17.7. The first-order valence-electron chi connectivity index (χ1n) is 18.1. The number of aliphatic hydroxyl groups excluding tert-OH is 1. The van der Waals surface area contributed by atoms with Crippen LogP contribution in [0.2, 0.25) is 0 Å². The van der Waals surface area contributed by atoms with E-state index in [4.69, 9.17) is 23.7 Å². The number of rotatable bonds is 18. The van der Waals surface area contributed by atoms with Crippen molar-refractivity contribution in [2.45, 2.75) is 94.6 Å². The summed E-state index contributed by atoms with van der Waals surface area (Å²) in [6.45, 7) is 5.25. The zero-order chi connectivity index (χ0) is 36.0. The molecule has 1 aliphatic carbocycles. The molecule has 0 spiro atoms. The molecule has 2 aromatic carbocycles. The Morgan fingerprint density at radius 2 is 1.80 bits per heavy atom. The van der Waals surface area contributed by atoms with E-state index >= 15 is 0 Å². The van der Waals surface area contributed by atoms with Crippen molar-refractivity contribution in [2.24, 2.45) is 17.3 Å². The van der Waals surface area contributed by atoms with Gasteiger partial charge in [0.1, 0.15) is 6.10 Å². The number of nitrogens with zero attached hydrogens (tertiary/aromatic N) is 1. The van der Waals surface area contributed by atoms with Gasteiger partial charge in [0.15, 0.2) is 17.8 Å². The van der Waals surface area contributed by atoms with Crippen LogP contribution in [0.4, 0.5) is 4.79 Å². The van der Waals surface area contributed by atoms with Gasteiger partial charge in [-0.05, 0) is 61.6 Å². The van der Waals surface area contributed by atoms with Crippen LogP contribution in [0.3, 0.4) is 0 Å². The standard InChI is InChI=1S/C37H51N3O10S/c1-37(2,16-7-4-8-17-38-34(42)26-11-12-26)23-40(51(44,45)27-13-14-31-32(20-27)49-24-48-31)21-30(41)29(19-25-9-5-3-6-10-25)39-36(43)50-33-22-47-35-28(33)15-18-46-35/h3,5-6,9-10,13-14,20,26,28-30,33,35,41H,4,7-8,11-12,15-19,21-24H2,1-2H3,(H,38,42)(H,39,43)/t28-,29-,30+,33-,35+/m0/s1. The monoisotopic (exact) mass is 729 g/mol. The van der Waals surface area contributed by atoms with Gasteiger partial charge in [-0.2, -0.15) is 4.31 Å². The molecule has 3 aliphatic heterocycles. The molecule has 5 atom stereocenters. The van der Waals surface area contributed by atoms with E-state index in [1.165, 1.54) is 16.4 Å². The van der Waals surface area contributed by atoms with Crippen LogP contribution >= 0.6 is 0 Å². The highest BCUT2D eigenvalue weighted by Crippen LogP contribution is 2.36. The summed E-state index contributed by atoms with van der Waals surface area (Å²) >= 11 is 0. The molecular formula is C37H51N3O10S. The van der Waals surface area contributed by atoms with Crippen LogP contribution in [-0.4, -0.2) is 94.0 Å². The Kier molecular flexibility index (Phi) is 12.1. The quantitative estimate of drug-likeness (QED) is 0.192. The smallest absolute Gasteiger partial charge is 0.407 e. The highest BCUT2D eigenvalue weighted by Gasteiger charge is 2.44. The summed E-state index contributed by atoms with van der Waals surface area (Å²) in [7, 11) is -4.15. The summed E-state index contributed by atoms with van der Waals surface area (Å²) in [6.07, 6.45) is 3.32. The maximum absolute atomic E-state index is 14.4. The van der Waals surface area contributed by atoms with E-state index in [1.54, 1.807) is 6.07 Å². The molecule has 0 unspecified atom stereocenters. The van der Waals surface area contributed by atoms with Crippen LogP contribution in [0.5, 0.6) is 11.5 Å². The largest absolute Gasteiger partial charge is 0.454 e. The molecule has 0 aromatic heterocycles. The van der Waals surface area contributed by atoms with Crippen LogP contribution in [0.25, 0.3) is 0 Å². The third-order valence-electron chi connectivity index (χ3n) is 10.1. The Hall–Kier alpha value is -3.43. The minimum absolute atomic E-state index is 0.00288. The average Bonchev–Trinajstić information content (AvgIpc) is 3.47. The van der Waals surface area contributed by atoms with Crippen molar-refractivity contribution in [3.63, 3.8) is 0 Å². The Morgan fingerprint density at radius 3 is 2.59 bits per heavy atom. The molecule has 0 radical (unpaired) electrons. The predicted molar refractivity (Wildman–Crippen MR) is 186 cm³/mol. The molecule has 2 amide bonds. The number of hydrogen-bond donors (Lipinski definition) is 3. The molecule has 2 aromatic rings. The first-order chi connectivity index (χ1) is 24.5. The molecule has 4 aliphatic rings. The number of nitrogens with one attached hydrogen (secondary N) is 2. The number of fused-ring (bicyclic) bond motifs is 2. The van der Waals surface area contributed by atoms with Crippen molar-refractivity contribution in [1.29, 1.82) is 0 Å². The second-order valence-corrected chi connectivity index (χ2v) is 16.8. The molecule has 3 heterocycles. The molecule has 280 valence electrons. The van der Waals surface area contributed by atoms with Gasteiger partial charge in [0.2, 0.25) is 22.7 Å². The van der Waals surface area contributed by atoms with Gasteiger partial charge in [0.05, 0.1) is 36.2 Å². The average molecular weight is 730 g/mol. The third-order valence-corrected chi connectivity index (χ3v) is 11.9. The summed E-state index contributed by atoms with van der Waals surface area (Å²) < 4.78 is 57.9. The van der Waals surface area contributed by atoms with Gasteiger partial charge < -0.3 is 39.4 Å². The zero-order valence-corrected chi connectivity index (χ0v) is 30.3. The lowest BCUT2D eigenvalue weighted by atomic mass is 9.86. The van der Waals surface area contributed by atoms with Crippen molar-refractivity contribution in [2.75, 3.05) is 39.6 Å². The number of ether oxygens (including phenoxy) is 5. The molecular weight excluding hydrogens is 678 g/mol. The fourth-order valence-electron chi connectivity index (χ4n) is 6.95. The summed E-state index contributed by atoms with van der Waals surface area (Å²) in [4.78, 5) is 25.3. The van der Waals surface area contributed by atoms with Crippen molar-refractivity contribution in [1.82, 2.24) is 14.9 Å². The van der Waals surface area contributed by atoms with Crippen LogP contribution < -0.4 is 20.1 Å². The topological polar surface area (TPSA) is 162 Å². The van der Waals surface area contributed by atoms with Crippen LogP contribution in [0, 0.1) is 17.3 Å². The van der Waals surface area contributed by atoms with Crippen LogP contribution in [0.1, 0.15) is 64.4 Å². The number of carbonyl (C=O) groups is 2. The fraction of sp³-hybridized carbons (Fsp3) is 0.622. The number of sulfonamides is 1. The van der Waals surface area contributed by atoms with E-state index in [2.05, 4.69) is 10.6 Å². The van der Waals surface area contributed by atoms with E-state index in [-0.39, 0.29) is 61.8 Å². The minimum Gasteiger partial charge on any atom is -0.454 e. The van der Waals surface area contributed by atoms with Gasteiger partial charge in [-0.25, -0.2) is 13.2 Å². The molecule has 51 heavy (non-hydrogen) atoms. The number of alkyl carbamates (subject to hydrolysis) is 1. The van der Waals surface area contributed by atoms with Crippen molar-refractivity contribution < 1.29 is 46.8 Å². The molecule has 13 nitrogen and oxygen atoms in total. The van der Waals surface area contributed by atoms with Gasteiger partial charge >= 0.3 is 6.09 Å². The molecule has 14 heteroatoms. The number of carbonyl (C=O) groups excluding carboxylic acids is 2.